The number of hydrogen-bond acceptors (Lipinski definition) is 1. The SMILES string of the molecule is CN=C(N)Nc1ccc(Br)c(Cl)c1Cl. The molecular weight excluding hydrogens is 289 g/mol. The fraction of sp³-hybridized carbons (Fsp3) is 0.125. The second-order valence-electron chi connectivity index (χ2n) is 2.46. The fourth-order valence-corrected chi connectivity index (χ4v) is 1.64. The van der Waals surface area contributed by atoms with Crippen molar-refractivity contribution >= 4 is 50.8 Å². The highest BCUT2D eigenvalue weighted by atomic mass is 79.9. The third-order valence-electron chi connectivity index (χ3n) is 1.54. The lowest BCUT2D eigenvalue weighted by Gasteiger charge is -2.08. The van der Waals surface area contributed by atoms with Crippen LogP contribution in [0.15, 0.2) is 21.6 Å². The molecule has 1 aromatic rings. The van der Waals surface area contributed by atoms with Gasteiger partial charge >= 0.3 is 0 Å². The van der Waals surface area contributed by atoms with E-state index in [1.165, 1.54) is 0 Å². The highest BCUT2D eigenvalue weighted by Gasteiger charge is 2.08. The second kappa shape index (κ2) is 4.87. The van der Waals surface area contributed by atoms with E-state index in [0.717, 1.165) is 4.47 Å². The number of anilines is 1. The zero-order valence-corrected chi connectivity index (χ0v) is 10.4. The van der Waals surface area contributed by atoms with Crippen LogP contribution in [0.25, 0.3) is 0 Å². The van der Waals surface area contributed by atoms with E-state index in [2.05, 4.69) is 26.2 Å². The molecule has 0 fully saturated rings. The number of nitrogens with zero attached hydrogens (tertiary/aromatic N) is 1. The van der Waals surface area contributed by atoms with Crippen LogP contribution in [0, 0.1) is 0 Å². The fourth-order valence-electron chi connectivity index (χ4n) is 0.816. The van der Waals surface area contributed by atoms with Gasteiger partial charge in [-0.15, -0.1) is 0 Å². The molecule has 0 aliphatic rings. The standard InChI is InChI=1S/C8H8BrCl2N3/c1-13-8(12)14-5-3-2-4(9)6(10)7(5)11/h2-3H,1H3,(H3,12,13,14). The molecule has 0 saturated carbocycles. The van der Waals surface area contributed by atoms with Gasteiger partial charge in [0.25, 0.3) is 0 Å². The number of guanidine groups is 1. The van der Waals surface area contributed by atoms with Crippen molar-refractivity contribution in [2.24, 2.45) is 10.7 Å². The van der Waals surface area contributed by atoms with Gasteiger partial charge in [0.1, 0.15) is 0 Å². The Balaban J connectivity index is 3.06. The number of aliphatic imine (C=N–C) groups is 1. The molecule has 0 spiro atoms. The number of nitrogens with two attached hydrogens (primary N) is 1. The Labute approximate surface area is 100 Å². The Morgan fingerprint density at radius 1 is 1.43 bits per heavy atom. The van der Waals surface area contributed by atoms with E-state index in [0.29, 0.717) is 15.7 Å². The number of nitrogens with one attached hydrogen (secondary N) is 1. The minimum Gasteiger partial charge on any atom is -0.370 e. The Hall–Kier alpha value is -0.450. The van der Waals surface area contributed by atoms with Crippen molar-refractivity contribution in [3.63, 3.8) is 0 Å². The summed E-state index contributed by atoms with van der Waals surface area (Å²) in [6, 6.07) is 3.54. The highest BCUT2D eigenvalue weighted by molar-refractivity contribution is 9.10. The van der Waals surface area contributed by atoms with Crippen molar-refractivity contribution in [3.8, 4) is 0 Å². The Morgan fingerprint density at radius 3 is 2.64 bits per heavy atom. The molecule has 0 aliphatic heterocycles. The lowest BCUT2D eigenvalue weighted by atomic mass is 10.3. The molecule has 3 nitrogen and oxygen atoms in total. The maximum atomic E-state index is 5.96. The molecule has 0 unspecified atom stereocenters. The van der Waals surface area contributed by atoms with E-state index >= 15 is 0 Å². The minimum absolute atomic E-state index is 0.283. The summed E-state index contributed by atoms with van der Waals surface area (Å²) in [5.74, 6) is 0.283. The first-order valence-electron chi connectivity index (χ1n) is 3.69. The van der Waals surface area contributed by atoms with Gasteiger partial charge in [0.2, 0.25) is 0 Å². The minimum atomic E-state index is 0.283. The molecule has 0 bridgehead atoms. The van der Waals surface area contributed by atoms with Crippen molar-refractivity contribution in [1.82, 2.24) is 0 Å². The van der Waals surface area contributed by atoms with E-state index in [-0.39, 0.29) is 5.96 Å². The number of halogens is 3. The normalized spacial score (nSPS) is 11.6. The van der Waals surface area contributed by atoms with Gasteiger partial charge in [-0.05, 0) is 28.1 Å². The maximum Gasteiger partial charge on any atom is 0.192 e. The highest BCUT2D eigenvalue weighted by Crippen LogP contribution is 2.35. The lowest BCUT2D eigenvalue weighted by molar-refractivity contribution is 1.38. The van der Waals surface area contributed by atoms with Crippen molar-refractivity contribution in [2.45, 2.75) is 0 Å². The summed E-state index contributed by atoms with van der Waals surface area (Å²) in [5.41, 5.74) is 6.12. The molecule has 0 saturated heterocycles. The van der Waals surface area contributed by atoms with Crippen molar-refractivity contribution in [2.75, 3.05) is 12.4 Å². The van der Waals surface area contributed by atoms with Crippen LogP contribution in [-0.4, -0.2) is 13.0 Å². The summed E-state index contributed by atoms with van der Waals surface area (Å²) >= 11 is 15.1. The van der Waals surface area contributed by atoms with Crippen molar-refractivity contribution < 1.29 is 0 Å². The molecule has 14 heavy (non-hydrogen) atoms. The van der Waals surface area contributed by atoms with Crippen LogP contribution >= 0.6 is 39.1 Å². The first-order valence-corrected chi connectivity index (χ1v) is 5.24. The van der Waals surface area contributed by atoms with E-state index in [9.17, 15) is 0 Å². The molecule has 0 aliphatic carbocycles. The Kier molecular flexibility index (Phi) is 4.04. The van der Waals surface area contributed by atoms with Gasteiger partial charge in [0, 0.05) is 11.5 Å². The van der Waals surface area contributed by atoms with Crippen molar-refractivity contribution in [3.05, 3.63) is 26.7 Å². The molecule has 0 heterocycles. The van der Waals surface area contributed by atoms with Gasteiger partial charge < -0.3 is 11.1 Å². The lowest BCUT2D eigenvalue weighted by Crippen LogP contribution is -2.22. The molecule has 3 N–H and O–H groups in total. The molecule has 0 amide bonds. The van der Waals surface area contributed by atoms with Gasteiger partial charge in [0.15, 0.2) is 5.96 Å². The molecule has 1 rings (SSSR count). The van der Waals surface area contributed by atoms with Crippen molar-refractivity contribution in [1.29, 1.82) is 0 Å². The van der Waals surface area contributed by atoms with Crippen LogP contribution in [0.2, 0.25) is 10.0 Å². The first-order chi connectivity index (χ1) is 6.56. The van der Waals surface area contributed by atoms with Crippen LogP contribution in [0.1, 0.15) is 0 Å². The molecule has 0 aromatic heterocycles. The van der Waals surface area contributed by atoms with E-state index < -0.39 is 0 Å². The van der Waals surface area contributed by atoms with Gasteiger partial charge in [0.05, 0.1) is 15.7 Å². The number of rotatable bonds is 1. The zero-order valence-electron chi connectivity index (χ0n) is 7.31. The number of benzene rings is 1. The van der Waals surface area contributed by atoms with Crippen LogP contribution in [0.5, 0.6) is 0 Å². The average Bonchev–Trinajstić information content (AvgIpc) is 2.19. The van der Waals surface area contributed by atoms with Gasteiger partial charge in [-0.25, -0.2) is 0 Å². The Morgan fingerprint density at radius 2 is 2.07 bits per heavy atom. The molecule has 6 heteroatoms. The maximum absolute atomic E-state index is 5.96. The quantitative estimate of drug-likeness (QED) is 0.475. The summed E-state index contributed by atoms with van der Waals surface area (Å²) in [6.07, 6.45) is 0. The van der Waals surface area contributed by atoms with Crippen LogP contribution < -0.4 is 11.1 Å². The predicted octanol–water partition coefficient (Wildman–Crippen LogP) is 3.11. The summed E-state index contributed by atoms with van der Waals surface area (Å²) in [6.45, 7) is 0. The molecule has 1 aromatic carbocycles. The van der Waals surface area contributed by atoms with Gasteiger partial charge in [-0.3, -0.25) is 4.99 Å². The average molecular weight is 297 g/mol. The third-order valence-corrected chi connectivity index (χ3v) is 3.31. The third kappa shape index (κ3) is 2.53. The zero-order chi connectivity index (χ0) is 10.7. The van der Waals surface area contributed by atoms with Gasteiger partial charge in [-0.1, -0.05) is 23.2 Å². The van der Waals surface area contributed by atoms with E-state index in [1.807, 2.05) is 0 Å². The van der Waals surface area contributed by atoms with Crippen LogP contribution in [0.3, 0.4) is 0 Å². The van der Waals surface area contributed by atoms with E-state index in [4.69, 9.17) is 28.9 Å². The second-order valence-corrected chi connectivity index (χ2v) is 4.07. The van der Waals surface area contributed by atoms with Gasteiger partial charge in [-0.2, -0.15) is 0 Å². The summed E-state index contributed by atoms with van der Waals surface area (Å²) in [7, 11) is 1.58. The molecule has 0 atom stereocenters. The molecule has 76 valence electrons. The number of hydrogen-bond donors (Lipinski definition) is 2. The molecule has 0 radical (unpaired) electrons. The smallest absolute Gasteiger partial charge is 0.192 e. The monoisotopic (exact) mass is 295 g/mol. The first kappa shape index (κ1) is 11.6. The van der Waals surface area contributed by atoms with Crippen LogP contribution in [0.4, 0.5) is 5.69 Å². The Bertz CT molecular complexity index is 379. The summed E-state index contributed by atoms with van der Waals surface area (Å²) < 4.78 is 0.738. The topological polar surface area (TPSA) is 50.4 Å². The summed E-state index contributed by atoms with van der Waals surface area (Å²) in [4.78, 5) is 3.75. The molecular formula is C8H8BrCl2N3. The summed E-state index contributed by atoms with van der Waals surface area (Å²) in [5, 5.41) is 3.67. The van der Waals surface area contributed by atoms with Crippen LogP contribution in [-0.2, 0) is 0 Å². The largest absolute Gasteiger partial charge is 0.370 e. The predicted molar refractivity (Wildman–Crippen MR) is 65.3 cm³/mol. The van der Waals surface area contributed by atoms with E-state index in [1.54, 1.807) is 19.2 Å².